The zero-order valence-electron chi connectivity index (χ0n) is 12.9. The topological polar surface area (TPSA) is 21.3 Å². The molecule has 0 aliphatic heterocycles. The van der Waals surface area contributed by atoms with Crippen LogP contribution >= 0.6 is 0 Å². The van der Waals surface area contributed by atoms with Crippen LogP contribution in [0.1, 0.15) is 72.6 Å². The molecular weight excluding hydrogens is 222 g/mol. The fraction of sp³-hybridized carbons (Fsp3) is 1.00. The molecule has 1 N–H and O–H groups in total. The molecule has 0 spiro atoms. The number of ether oxygens (including phenoxy) is 1. The summed E-state index contributed by atoms with van der Waals surface area (Å²) in [7, 11) is 0. The molecule has 1 atom stereocenters. The summed E-state index contributed by atoms with van der Waals surface area (Å²) >= 11 is 0. The third-order valence-electron chi connectivity index (χ3n) is 3.74. The predicted molar refractivity (Wildman–Crippen MR) is 79.0 cm³/mol. The highest BCUT2D eigenvalue weighted by atomic mass is 16.5. The summed E-state index contributed by atoms with van der Waals surface area (Å²) in [4.78, 5) is 0. The van der Waals surface area contributed by atoms with Crippen LogP contribution in [0.3, 0.4) is 0 Å². The molecule has 1 aliphatic carbocycles. The zero-order valence-corrected chi connectivity index (χ0v) is 12.9. The number of hydrogen-bond donors (Lipinski definition) is 1. The maximum Gasteiger partial charge on any atom is 0.0626 e. The van der Waals surface area contributed by atoms with Gasteiger partial charge in [-0.3, -0.25) is 0 Å². The third-order valence-corrected chi connectivity index (χ3v) is 3.74. The summed E-state index contributed by atoms with van der Waals surface area (Å²) in [6.45, 7) is 10.6. The fourth-order valence-corrected chi connectivity index (χ4v) is 2.73. The predicted octanol–water partition coefficient (Wildman–Crippen LogP) is 4.14. The Morgan fingerprint density at radius 1 is 1.17 bits per heavy atom. The molecule has 0 aromatic heterocycles. The van der Waals surface area contributed by atoms with Crippen molar-refractivity contribution in [2.45, 2.75) is 84.3 Å². The van der Waals surface area contributed by atoms with Gasteiger partial charge in [-0.15, -0.1) is 0 Å². The van der Waals surface area contributed by atoms with Crippen molar-refractivity contribution in [3.05, 3.63) is 0 Å². The summed E-state index contributed by atoms with van der Waals surface area (Å²) in [5.74, 6) is 0.927. The normalized spacial score (nSPS) is 20.0. The quantitative estimate of drug-likeness (QED) is 0.738. The second-order valence-corrected chi connectivity index (χ2v) is 6.81. The second kappa shape index (κ2) is 8.16. The van der Waals surface area contributed by atoms with E-state index < -0.39 is 0 Å². The average molecular weight is 255 g/mol. The van der Waals surface area contributed by atoms with Gasteiger partial charge in [-0.2, -0.15) is 0 Å². The van der Waals surface area contributed by atoms with Crippen LogP contribution in [0.15, 0.2) is 0 Å². The molecular formula is C16H33NO. The first-order valence-electron chi connectivity index (χ1n) is 7.88. The van der Waals surface area contributed by atoms with Crippen LogP contribution in [0.2, 0.25) is 0 Å². The van der Waals surface area contributed by atoms with Gasteiger partial charge in [0.2, 0.25) is 0 Å². The van der Waals surface area contributed by atoms with E-state index in [1.807, 2.05) is 0 Å². The first-order valence-corrected chi connectivity index (χ1v) is 7.88. The first kappa shape index (κ1) is 16.0. The monoisotopic (exact) mass is 255 g/mol. The Kier molecular flexibility index (Phi) is 7.25. The first-order chi connectivity index (χ1) is 8.51. The minimum Gasteiger partial charge on any atom is -0.374 e. The molecule has 1 fully saturated rings. The Balaban J connectivity index is 2.33. The van der Waals surface area contributed by atoms with Crippen molar-refractivity contribution in [3.8, 4) is 0 Å². The van der Waals surface area contributed by atoms with Crippen molar-refractivity contribution in [1.82, 2.24) is 5.32 Å². The minimum absolute atomic E-state index is 0.0152. The summed E-state index contributed by atoms with van der Waals surface area (Å²) in [5.41, 5.74) is -0.0152. The van der Waals surface area contributed by atoms with Crippen LogP contribution in [0, 0.1) is 5.92 Å². The molecule has 2 nitrogen and oxygen atoms in total. The smallest absolute Gasteiger partial charge is 0.0626 e. The molecule has 0 amide bonds. The number of hydrogen-bond acceptors (Lipinski definition) is 2. The van der Waals surface area contributed by atoms with Crippen molar-refractivity contribution in [1.29, 1.82) is 0 Å². The zero-order chi connectivity index (χ0) is 13.4. The minimum atomic E-state index is -0.0152. The molecule has 0 aromatic rings. The van der Waals surface area contributed by atoms with Crippen molar-refractivity contribution >= 4 is 0 Å². The largest absolute Gasteiger partial charge is 0.374 e. The van der Waals surface area contributed by atoms with Gasteiger partial charge in [0.15, 0.2) is 0 Å². The Labute approximate surface area is 114 Å². The molecule has 2 heteroatoms. The fourth-order valence-electron chi connectivity index (χ4n) is 2.73. The van der Waals surface area contributed by atoms with Gasteiger partial charge in [0.25, 0.3) is 0 Å². The maximum atomic E-state index is 5.97. The van der Waals surface area contributed by atoms with Gasteiger partial charge in [0.05, 0.1) is 12.2 Å². The molecule has 1 rings (SSSR count). The molecule has 1 aliphatic rings. The SMILES string of the molecule is CCCNC(COC(C)(C)C)CC1CCCCC1. The van der Waals surface area contributed by atoms with E-state index in [2.05, 4.69) is 33.0 Å². The van der Waals surface area contributed by atoms with Gasteiger partial charge in [0.1, 0.15) is 0 Å². The van der Waals surface area contributed by atoms with Crippen LogP contribution in [0.25, 0.3) is 0 Å². The van der Waals surface area contributed by atoms with E-state index in [0.717, 1.165) is 19.1 Å². The Bertz CT molecular complexity index is 204. The lowest BCUT2D eigenvalue weighted by Gasteiger charge is -2.29. The second-order valence-electron chi connectivity index (χ2n) is 6.81. The van der Waals surface area contributed by atoms with Gasteiger partial charge in [0, 0.05) is 6.04 Å². The summed E-state index contributed by atoms with van der Waals surface area (Å²) < 4.78 is 5.97. The van der Waals surface area contributed by atoms with E-state index in [9.17, 15) is 0 Å². The van der Waals surface area contributed by atoms with Gasteiger partial charge in [-0.05, 0) is 46.1 Å². The van der Waals surface area contributed by atoms with Crippen molar-refractivity contribution < 1.29 is 4.74 Å². The molecule has 0 bridgehead atoms. The van der Waals surface area contributed by atoms with E-state index in [0.29, 0.717) is 6.04 Å². The van der Waals surface area contributed by atoms with Crippen molar-refractivity contribution in [2.24, 2.45) is 5.92 Å². The van der Waals surface area contributed by atoms with E-state index in [-0.39, 0.29) is 5.60 Å². The van der Waals surface area contributed by atoms with Crippen molar-refractivity contribution in [2.75, 3.05) is 13.2 Å². The lowest BCUT2D eigenvalue weighted by Crippen LogP contribution is -2.38. The number of rotatable bonds is 7. The lowest BCUT2D eigenvalue weighted by atomic mass is 9.85. The highest BCUT2D eigenvalue weighted by Crippen LogP contribution is 2.27. The summed E-state index contributed by atoms with van der Waals surface area (Å²) in [6, 6.07) is 0.548. The Hall–Kier alpha value is -0.0800. The van der Waals surface area contributed by atoms with Gasteiger partial charge < -0.3 is 10.1 Å². The molecule has 1 unspecified atom stereocenters. The van der Waals surface area contributed by atoms with Crippen LogP contribution in [0.5, 0.6) is 0 Å². The van der Waals surface area contributed by atoms with Crippen LogP contribution < -0.4 is 5.32 Å². The molecule has 0 heterocycles. The Morgan fingerprint density at radius 2 is 1.83 bits per heavy atom. The van der Waals surface area contributed by atoms with Crippen LogP contribution in [-0.2, 0) is 4.74 Å². The Morgan fingerprint density at radius 3 is 2.39 bits per heavy atom. The van der Waals surface area contributed by atoms with E-state index in [1.54, 1.807) is 0 Å². The molecule has 0 saturated heterocycles. The highest BCUT2D eigenvalue weighted by Gasteiger charge is 2.20. The molecule has 0 aromatic carbocycles. The van der Waals surface area contributed by atoms with Crippen LogP contribution in [0.4, 0.5) is 0 Å². The molecule has 18 heavy (non-hydrogen) atoms. The number of nitrogens with one attached hydrogen (secondary N) is 1. The molecule has 0 radical (unpaired) electrons. The lowest BCUT2D eigenvalue weighted by molar-refractivity contribution is -0.0179. The molecule has 108 valence electrons. The molecule has 1 saturated carbocycles. The van der Waals surface area contributed by atoms with E-state index in [1.165, 1.54) is 44.9 Å². The third kappa shape index (κ3) is 7.38. The van der Waals surface area contributed by atoms with Crippen molar-refractivity contribution in [3.63, 3.8) is 0 Å². The average Bonchev–Trinajstić information content (AvgIpc) is 2.33. The van der Waals surface area contributed by atoms with Gasteiger partial charge >= 0.3 is 0 Å². The summed E-state index contributed by atoms with van der Waals surface area (Å²) in [6.07, 6.45) is 9.69. The van der Waals surface area contributed by atoms with Gasteiger partial charge in [-0.25, -0.2) is 0 Å². The van der Waals surface area contributed by atoms with Crippen LogP contribution in [-0.4, -0.2) is 24.8 Å². The van der Waals surface area contributed by atoms with E-state index >= 15 is 0 Å². The highest BCUT2D eigenvalue weighted by molar-refractivity contribution is 4.75. The van der Waals surface area contributed by atoms with E-state index in [4.69, 9.17) is 4.74 Å². The standard InChI is InChI=1S/C16H33NO/c1-5-11-17-15(13-18-16(2,3)4)12-14-9-7-6-8-10-14/h14-15,17H,5-13H2,1-4H3. The summed E-state index contributed by atoms with van der Waals surface area (Å²) in [5, 5.41) is 3.66. The maximum absolute atomic E-state index is 5.97. The van der Waals surface area contributed by atoms with Gasteiger partial charge in [-0.1, -0.05) is 39.0 Å².